The van der Waals surface area contributed by atoms with Crippen LogP contribution >= 0.6 is 0 Å². The molecule has 0 unspecified atom stereocenters. The van der Waals surface area contributed by atoms with Crippen LogP contribution in [0.15, 0.2) is 24.3 Å². The highest BCUT2D eigenvalue weighted by molar-refractivity contribution is 5.38. The Labute approximate surface area is 119 Å². The fourth-order valence-corrected chi connectivity index (χ4v) is 1.95. The van der Waals surface area contributed by atoms with E-state index in [2.05, 4.69) is 46.5 Å². The monoisotopic (exact) mass is 273 g/mol. The zero-order chi connectivity index (χ0) is 14.5. The van der Waals surface area contributed by atoms with E-state index < -0.39 is 0 Å². The Balaban J connectivity index is 2.23. The summed E-state index contributed by atoms with van der Waals surface area (Å²) in [4.78, 5) is 8.52. The number of rotatable bonds is 5. The lowest BCUT2D eigenvalue weighted by Crippen LogP contribution is -2.10. The molecule has 0 atom stereocenters. The maximum atomic E-state index is 13.9. The maximum Gasteiger partial charge on any atom is 0.186 e. The van der Waals surface area contributed by atoms with Crippen LogP contribution in [0.5, 0.6) is 0 Å². The molecule has 1 aromatic heterocycles. The van der Waals surface area contributed by atoms with Gasteiger partial charge < -0.3 is 5.32 Å². The molecule has 1 N–H and O–H groups in total. The molecule has 0 aliphatic rings. The summed E-state index contributed by atoms with van der Waals surface area (Å²) in [5, 5.41) is 3.01. The molecule has 0 saturated carbocycles. The van der Waals surface area contributed by atoms with E-state index in [1.807, 2.05) is 6.92 Å². The van der Waals surface area contributed by atoms with E-state index >= 15 is 0 Å². The van der Waals surface area contributed by atoms with Crippen LogP contribution in [0.25, 0.3) is 0 Å². The summed E-state index contributed by atoms with van der Waals surface area (Å²) in [6, 6.07) is 8.22. The van der Waals surface area contributed by atoms with Gasteiger partial charge in [-0.15, -0.1) is 0 Å². The lowest BCUT2D eigenvalue weighted by Gasteiger charge is -2.09. The number of hydrogen-bond acceptors (Lipinski definition) is 3. The first-order valence-corrected chi connectivity index (χ1v) is 6.92. The number of halogens is 1. The van der Waals surface area contributed by atoms with Crippen LogP contribution in [0.4, 0.5) is 10.2 Å². The van der Waals surface area contributed by atoms with Crippen molar-refractivity contribution in [2.75, 3.05) is 11.9 Å². The molecule has 0 amide bonds. The number of anilines is 1. The fraction of sp³-hybridized carbons (Fsp3) is 0.375. The fourth-order valence-electron chi connectivity index (χ4n) is 1.95. The normalized spacial score (nSPS) is 10.6. The molecule has 2 aromatic rings. The third kappa shape index (κ3) is 3.53. The molecule has 20 heavy (non-hydrogen) atoms. The van der Waals surface area contributed by atoms with Crippen molar-refractivity contribution in [3.8, 4) is 0 Å². The van der Waals surface area contributed by atoms with Crippen LogP contribution in [0.1, 0.15) is 36.0 Å². The van der Waals surface area contributed by atoms with Crippen LogP contribution in [-0.4, -0.2) is 16.5 Å². The molecule has 1 aromatic carbocycles. The molecule has 0 bridgehead atoms. The molecule has 0 aliphatic heterocycles. The lowest BCUT2D eigenvalue weighted by molar-refractivity contribution is 0.600. The van der Waals surface area contributed by atoms with Crippen molar-refractivity contribution in [3.05, 3.63) is 52.7 Å². The van der Waals surface area contributed by atoms with E-state index in [0.29, 0.717) is 30.3 Å². The van der Waals surface area contributed by atoms with Crippen LogP contribution in [0, 0.1) is 19.7 Å². The number of aryl methyl sites for hydroxylation is 2. The Morgan fingerprint density at radius 1 is 1.10 bits per heavy atom. The van der Waals surface area contributed by atoms with Gasteiger partial charge in [0.15, 0.2) is 11.6 Å². The van der Waals surface area contributed by atoms with Crippen LogP contribution in [-0.2, 0) is 6.42 Å². The SMILES string of the molecule is CCCNc1nc(Cc2ccc(C)cc2)nc(C)c1F. The minimum absolute atomic E-state index is 0.307. The molecular weight excluding hydrogens is 253 g/mol. The first-order chi connectivity index (χ1) is 9.60. The van der Waals surface area contributed by atoms with Gasteiger partial charge in [-0.1, -0.05) is 36.8 Å². The molecular formula is C16H20FN3. The van der Waals surface area contributed by atoms with Gasteiger partial charge >= 0.3 is 0 Å². The zero-order valence-corrected chi connectivity index (χ0v) is 12.2. The molecule has 3 nitrogen and oxygen atoms in total. The van der Waals surface area contributed by atoms with Gasteiger partial charge in [0.1, 0.15) is 5.82 Å². The summed E-state index contributed by atoms with van der Waals surface area (Å²) in [5.74, 6) is 0.596. The first kappa shape index (κ1) is 14.4. The topological polar surface area (TPSA) is 37.8 Å². The van der Waals surface area contributed by atoms with Gasteiger partial charge in [0, 0.05) is 13.0 Å². The van der Waals surface area contributed by atoms with Gasteiger partial charge in [-0.2, -0.15) is 0 Å². The molecule has 0 saturated heterocycles. The van der Waals surface area contributed by atoms with Crippen LogP contribution in [0.3, 0.4) is 0 Å². The molecule has 0 spiro atoms. The summed E-state index contributed by atoms with van der Waals surface area (Å²) in [6.45, 7) is 6.46. The van der Waals surface area contributed by atoms with Gasteiger partial charge in [0.05, 0.1) is 5.69 Å². The second-order valence-electron chi connectivity index (χ2n) is 4.98. The van der Waals surface area contributed by atoms with Crippen LogP contribution < -0.4 is 5.32 Å². The van der Waals surface area contributed by atoms with E-state index in [9.17, 15) is 4.39 Å². The van der Waals surface area contributed by atoms with E-state index in [1.54, 1.807) is 6.92 Å². The number of aromatic nitrogens is 2. The highest BCUT2D eigenvalue weighted by atomic mass is 19.1. The van der Waals surface area contributed by atoms with E-state index in [-0.39, 0.29) is 5.82 Å². The third-order valence-electron chi connectivity index (χ3n) is 3.09. The van der Waals surface area contributed by atoms with Crippen molar-refractivity contribution in [3.63, 3.8) is 0 Å². The summed E-state index contributed by atoms with van der Waals surface area (Å²) < 4.78 is 13.9. The summed E-state index contributed by atoms with van der Waals surface area (Å²) >= 11 is 0. The number of nitrogens with one attached hydrogen (secondary N) is 1. The van der Waals surface area contributed by atoms with Crippen molar-refractivity contribution >= 4 is 5.82 Å². The highest BCUT2D eigenvalue weighted by Crippen LogP contribution is 2.16. The lowest BCUT2D eigenvalue weighted by atomic mass is 10.1. The van der Waals surface area contributed by atoms with E-state index in [4.69, 9.17) is 0 Å². The summed E-state index contributed by atoms with van der Waals surface area (Å²) in [7, 11) is 0. The van der Waals surface area contributed by atoms with Crippen molar-refractivity contribution in [2.45, 2.75) is 33.6 Å². The predicted octanol–water partition coefficient (Wildman–Crippen LogP) is 3.65. The Bertz CT molecular complexity index is 579. The minimum atomic E-state index is -0.355. The van der Waals surface area contributed by atoms with Gasteiger partial charge in [0.25, 0.3) is 0 Å². The van der Waals surface area contributed by atoms with Crippen molar-refractivity contribution in [1.82, 2.24) is 9.97 Å². The smallest absolute Gasteiger partial charge is 0.186 e. The van der Waals surface area contributed by atoms with Crippen molar-refractivity contribution < 1.29 is 4.39 Å². The second kappa shape index (κ2) is 6.46. The average molecular weight is 273 g/mol. The molecule has 0 fully saturated rings. The standard InChI is InChI=1S/C16H20FN3/c1-4-9-18-16-15(17)12(3)19-14(20-16)10-13-7-5-11(2)6-8-13/h5-8H,4,9-10H2,1-3H3,(H,18,19,20). The number of nitrogens with zero attached hydrogens (tertiary/aromatic N) is 2. The number of hydrogen-bond donors (Lipinski definition) is 1. The Morgan fingerprint density at radius 2 is 1.80 bits per heavy atom. The summed E-state index contributed by atoms with van der Waals surface area (Å²) in [5.41, 5.74) is 2.74. The Morgan fingerprint density at radius 3 is 2.45 bits per heavy atom. The van der Waals surface area contributed by atoms with Gasteiger partial charge in [-0.25, -0.2) is 14.4 Å². The molecule has 4 heteroatoms. The van der Waals surface area contributed by atoms with Crippen LogP contribution in [0.2, 0.25) is 0 Å². The van der Waals surface area contributed by atoms with E-state index in [0.717, 1.165) is 12.0 Å². The maximum absolute atomic E-state index is 13.9. The van der Waals surface area contributed by atoms with Gasteiger partial charge in [-0.3, -0.25) is 0 Å². The number of benzene rings is 1. The quantitative estimate of drug-likeness (QED) is 0.903. The highest BCUT2D eigenvalue weighted by Gasteiger charge is 2.11. The molecule has 0 radical (unpaired) electrons. The van der Waals surface area contributed by atoms with Gasteiger partial charge in [-0.05, 0) is 25.8 Å². The molecule has 106 valence electrons. The summed E-state index contributed by atoms with van der Waals surface area (Å²) in [6.07, 6.45) is 1.54. The van der Waals surface area contributed by atoms with Crippen molar-refractivity contribution in [2.24, 2.45) is 0 Å². The Hall–Kier alpha value is -1.97. The Kier molecular flexibility index (Phi) is 4.66. The van der Waals surface area contributed by atoms with Crippen molar-refractivity contribution in [1.29, 1.82) is 0 Å². The third-order valence-corrected chi connectivity index (χ3v) is 3.09. The van der Waals surface area contributed by atoms with E-state index in [1.165, 1.54) is 5.56 Å². The molecule has 0 aliphatic carbocycles. The van der Waals surface area contributed by atoms with Gasteiger partial charge in [0.2, 0.25) is 0 Å². The molecule has 1 heterocycles. The minimum Gasteiger partial charge on any atom is -0.368 e. The largest absolute Gasteiger partial charge is 0.368 e. The first-order valence-electron chi connectivity index (χ1n) is 6.92. The molecule has 2 rings (SSSR count). The zero-order valence-electron chi connectivity index (χ0n) is 12.2. The average Bonchev–Trinajstić information content (AvgIpc) is 2.43. The predicted molar refractivity (Wildman–Crippen MR) is 79.5 cm³/mol. The second-order valence-corrected chi connectivity index (χ2v) is 4.98.